The molecule has 0 saturated carbocycles. The van der Waals surface area contributed by atoms with Gasteiger partial charge in [-0.3, -0.25) is 28.8 Å². The number of carboxylic acids is 2. The summed E-state index contributed by atoms with van der Waals surface area (Å²) in [6.45, 7) is 12.4. The van der Waals surface area contributed by atoms with Crippen molar-refractivity contribution in [1.29, 1.82) is 0 Å². The number of aliphatic carboxylic acids is 2. The maximum Gasteiger partial charge on any atom is 0.407 e. The van der Waals surface area contributed by atoms with Gasteiger partial charge in [0, 0.05) is 74.1 Å². The summed E-state index contributed by atoms with van der Waals surface area (Å²) >= 11 is 0. The number of carbonyl (C=O) groups is 7. The lowest BCUT2D eigenvalue weighted by Crippen LogP contribution is -2.51. The number of fused-ring (bicyclic) bond motifs is 1. The zero-order chi connectivity index (χ0) is 64.6. The number of nitrogen functional groups attached to an aromatic ring is 1. The number of nitrogens with one attached hydrogen (secondary N) is 6. The molecule has 1 aromatic carbocycles. The molecule has 4 amide bonds. The molecule has 0 unspecified atom stereocenters. The van der Waals surface area contributed by atoms with Gasteiger partial charge < -0.3 is 61.8 Å². The van der Waals surface area contributed by atoms with E-state index in [1.165, 1.54) is 24.4 Å². The monoisotopic (exact) mass is 1230 g/mol. The number of nitrogens with two attached hydrogens (primary N) is 1. The highest BCUT2D eigenvalue weighted by Crippen LogP contribution is 2.29. The van der Waals surface area contributed by atoms with Crippen LogP contribution < -0.4 is 37.9 Å². The first-order chi connectivity index (χ1) is 42.5. The molecule has 4 aromatic rings. The molecule has 1 saturated heterocycles. The van der Waals surface area contributed by atoms with Crippen molar-refractivity contribution in [2.24, 2.45) is 11.8 Å². The van der Waals surface area contributed by atoms with Crippen LogP contribution in [0, 0.1) is 11.8 Å². The molecular weight excluding hydrogens is 1150 g/mol. The molecular formula is C62H81N13O14. The number of H-pyrrole nitrogens is 1. The van der Waals surface area contributed by atoms with Crippen molar-refractivity contribution in [3.05, 3.63) is 136 Å². The fourth-order valence-electron chi connectivity index (χ4n) is 9.88. The number of aromatic amines is 1. The van der Waals surface area contributed by atoms with Crippen LogP contribution in [0.2, 0.25) is 0 Å². The second-order valence-electron chi connectivity index (χ2n) is 22.2. The molecule has 5 heterocycles. The van der Waals surface area contributed by atoms with E-state index in [1.54, 1.807) is 29.9 Å². The van der Waals surface area contributed by atoms with E-state index in [9.17, 15) is 53.7 Å². The van der Waals surface area contributed by atoms with Crippen LogP contribution in [0.1, 0.15) is 121 Å². The van der Waals surface area contributed by atoms with Gasteiger partial charge in [-0.1, -0.05) is 78.8 Å². The van der Waals surface area contributed by atoms with Crippen molar-refractivity contribution in [3.8, 4) is 0 Å². The molecule has 11 N–H and O–H groups in total. The number of hydrogen-bond acceptors (Lipinski definition) is 19. The lowest BCUT2D eigenvalue weighted by molar-refractivity contribution is -0.143. The van der Waals surface area contributed by atoms with Crippen LogP contribution in [0.4, 0.5) is 16.4 Å². The van der Waals surface area contributed by atoms with E-state index in [4.69, 9.17) is 19.9 Å². The van der Waals surface area contributed by atoms with Crippen molar-refractivity contribution in [1.82, 2.24) is 56.2 Å². The molecule has 27 nitrogen and oxygen atoms in total. The number of aliphatic hydroxyl groups excluding tert-OH is 1. The second-order valence-corrected chi connectivity index (χ2v) is 22.2. The fourth-order valence-corrected chi connectivity index (χ4v) is 9.88. The Morgan fingerprint density at radius 3 is 2.36 bits per heavy atom. The molecule has 478 valence electrons. The standard InChI is InChI=1S/C62H81N13O14/c1-7-11-50-40(6)49(76)32-51(89-50)46(15-8-12-36(2)30-38(4)31-37(3)17-22-45-14-9-16-54(79)88-45)70-62(86)87-29-27-43-35-75(74-73-43)28-10-13-39(5)66-52(77)25-23-47(59(82)83)68-53(78)26-24-48(60(84)85)69-57(80)41-18-20-42(21-19-41)64-33-44-34-65-56-55(67-44)58(81)72-61(63)71-56/h7-9,11-12,15-22,31,34-35,38-40,45-51,64,76H,10,13-14,23-30,32-33H2,1-6H3,(H,66,77)(H,68,78)(H,69,80)(H,70,86)(H,82,83)(H,84,85)(H3,63,65,71,72,81)/b11-7+,15-8+,22-17+,36-12+,37-31-/t38-,39-,40+,45-,46-,47+,48+,49-,50+,51+/m1/s1. The number of aryl methyl sites for hydroxylation is 1. The Balaban J connectivity index is 0.878. The lowest BCUT2D eigenvalue weighted by Gasteiger charge is -2.39. The van der Waals surface area contributed by atoms with Crippen LogP contribution in [0.15, 0.2) is 113 Å². The first-order valence-corrected chi connectivity index (χ1v) is 29.6. The van der Waals surface area contributed by atoms with Crippen LogP contribution >= 0.6 is 0 Å². The van der Waals surface area contributed by atoms with Gasteiger partial charge in [-0.05, 0) is 96.1 Å². The van der Waals surface area contributed by atoms with Crippen molar-refractivity contribution in [2.45, 2.75) is 167 Å². The molecule has 10 atom stereocenters. The van der Waals surface area contributed by atoms with E-state index >= 15 is 0 Å². The van der Waals surface area contributed by atoms with Gasteiger partial charge in [-0.2, -0.15) is 4.98 Å². The quantitative estimate of drug-likeness (QED) is 0.0173. The number of aromatic nitrogens is 7. The number of allylic oxidation sites excluding steroid dienone is 7. The Morgan fingerprint density at radius 2 is 1.65 bits per heavy atom. The highest BCUT2D eigenvalue weighted by molar-refractivity contribution is 5.97. The predicted molar refractivity (Wildman–Crippen MR) is 328 cm³/mol. The summed E-state index contributed by atoms with van der Waals surface area (Å²) in [6.07, 6.45) is 21.2. The van der Waals surface area contributed by atoms with Crippen LogP contribution in [-0.4, -0.2) is 147 Å². The summed E-state index contributed by atoms with van der Waals surface area (Å²) < 4.78 is 18.9. The van der Waals surface area contributed by atoms with Gasteiger partial charge in [-0.25, -0.2) is 29.1 Å². The first kappa shape index (κ1) is 68.7. The highest BCUT2D eigenvalue weighted by atomic mass is 16.6. The van der Waals surface area contributed by atoms with Crippen molar-refractivity contribution >= 4 is 64.5 Å². The number of nitrogens with zero attached hydrogens (tertiary/aromatic N) is 6. The summed E-state index contributed by atoms with van der Waals surface area (Å²) in [7, 11) is 0. The predicted octanol–water partition coefficient (Wildman–Crippen LogP) is 5.07. The van der Waals surface area contributed by atoms with Gasteiger partial charge in [0.25, 0.3) is 11.5 Å². The number of anilines is 2. The van der Waals surface area contributed by atoms with Gasteiger partial charge in [0.15, 0.2) is 11.2 Å². The van der Waals surface area contributed by atoms with Crippen molar-refractivity contribution in [2.75, 3.05) is 17.7 Å². The largest absolute Gasteiger partial charge is 0.480 e. The van der Waals surface area contributed by atoms with Gasteiger partial charge >= 0.3 is 24.0 Å². The molecule has 0 bridgehead atoms. The molecule has 2 aliphatic heterocycles. The Kier molecular flexibility index (Phi) is 26.5. The number of carboxylic acid groups (broad SMARTS) is 2. The molecule has 0 spiro atoms. The van der Waals surface area contributed by atoms with E-state index in [2.05, 4.69) is 69.8 Å². The van der Waals surface area contributed by atoms with E-state index in [0.717, 1.165) is 17.6 Å². The molecule has 1 fully saturated rings. The summed E-state index contributed by atoms with van der Waals surface area (Å²) in [5.74, 6) is -5.13. The maximum atomic E-state index is 13.3. The second kappa shape index (κ2) is 34.2. The summed E-state index contributed by atoms with van der Waals surface area (Å²) in [4.78, 5) is 115. The number of amides is 4. The average Bonchev–Trinajstić information content (AvgIpc) is 4.12. The highest BCUT2D eigenvalue weighted by Gasteiger charge is 2.37. The van der Waals surface area contributed by atoms with Gasteiger partial charge in [0.1, 0.15) is 18.2 Å². The molecule has 3 aromatic heterocycles. The average molecular weight is 1230 g/mol. The Hall–Kier alpha value is -9.37. The fraction of sp³-hybridized carbons (Fsp3) is 0.468. The molecule has 6 rings (SSSR count). The van der Waals surface area contributed by atoms with Crippen LogP contribution in [-0.2, 0) is 57.7 Å². The number of ether oxygens (including phenoxy) is 3. The minimum absolute atomic E-state index is 0.00271. The SMILES string of the molecule is C/C=C/[C@@H]1O[C@H]([C@@H](/C=C/C=C(\C)C[C@@H](C)/C=C(C)\C=C\[C@H]2CC=CC(=O)O2)NC(=O)OCCc2cn(CCC[C@@H](C)NC(=O)CC[C@H](NC(=O)CC[C@H](NC(=O)c3ccc(NCc4cnc5nc(N)[nH]c(=O)c5n4)cc3)C(=O)O)C(=O)O)nn2)C[C@@H](O)[C@@H]1C. The minimum Gasteiger partial charge on any atom is -0.480 e. The van der Waals surface area contributed by atoms with Gasteiger partial charge in [0.2, 0.25) is 17.8 Å². The number of hydrogen-bond donors (Lipinski definition) is 10. The smallest absolute Gasteiger partial charge is 0.407 e. The normalized spacial score (nSPS) is 19.7. The van der Waals surface area contributed by atoms with Gasteiger partial charge in [0.05, 0.1) is 55.1 Å². The Labute approximate surface area is 514 Å². The topological polar surface area (TPSA) is 396 Å². The molecule has 27 heteroatoms. The zero-order valence-corrected chi connectivity index (χ0v) is 50.8. The number of cyclic esters (lactones) is 1. The number of rotatable bonds is 32. The van der Waals surface area contributed by atoms with Gasteiger partial charge in [-0.15, -0.1) is 5.10 Å². The summed E-state index contributed by atoms with van der Waals surface area (Å²) in [5, 5.41) is 52.6. The first-order valence-electron chi connectivity index (χ1n) is 29.6. The van der Waals surface area contributed by atoms with E-state index in [1.807, 2.05) is 76.3 Å². The summed E-state index contributed by atoms with van der Waals surface area (Å²) in [5.41, 5.74) is 8.97. The Morgan fingerprint density at radius 1 is 0.933 bits per heavy atom. The molecule has 89 heavy (non-hydrogen) atoms. The number of benzene rings is 1. The minimum atomic E-state index is -1.49. The van der Waals surface area contributed by atoms with E-state index < -0.39 is 78.1 Å². The number of carbonyl (C=O) groups excluding carboxylic acids is 5. The number of esters is 1. The van der Waals surface area contributed by atoms with Crippen LogP contribution in [0.3, 0.4) is 0 Å². The van der Waals surface area contributed by atoms with Crippen LogP contribution in [0.5, 0.6) is 0 Å². The number of aliphatic hydroxyl groups is 1. The van der Waals surface area contributed by atoms with Crippen LogP contribution in [0.25, 0.3) is 11.2 Å². The lowest BCUT2D eigenvalue weighted by atomic mass is 9.87. The maximum absolute atomic E-state index is 13.3. The van der Waals surface area contributed by atoms with Crippen molar-refractivity contribution < 1.29 is 63.1 Å². The number of alkyl carbamates (subject to hydrolysis) is 1. The summed E-state index contributed by atoms with van der Waals surface area (Å²) in [6, 6.07) is 2.16. The molecule has 0 radical (unpaired) electrons. The molecule has 2 aliphatic rings. The Bertz CT molecular complexity index is 3350. The van der Waals surface area contributed by atoms with Crippen molar-refractivity contribution in [3.63, 3.8) is 0 Å². The van der Waals surface area contributed by atoms with E-state index in [-0.39, 0.29) is 97.6 Å². The third-order valence-electron chi connectivity index (χ3n) is 14.6. The molecule has 0 aliphatic carbocycles. The third kappa shape index (κ3) is 23.0. The van der Waals surface area contributed by atoms with E-state index in [0.29, 0.717) is 49.3 Å². The zero-order valence-electron chi connectivity index (χ0n) is 50.8. The third-order valence-corrected chi connectivity index (χ3v) is 14.6.